The second-order valence-corrected chi connectivity index (χ2v) is 8.79. The zero-order valence-electron chi connectivity index (χ0n) is 17.4. The van der Waals surface area contributed by atoms with Gasteiger partial charge in [0.1, 0.15) is 10.6 Å². The van der Waals surface area contributed by atoms with Crippen molar-refractivity contribution in [2.24, 2.45) is 5.10 Å². The molecule has 178 valence electrons. The van der Waals surface area contributed by atoms with E-state index in [2.05, 4.69) is 20.0 Å². The van der Waals surface area contributed by atoms with Crippen molar-refractivity contribution in [3.05, 3.63) is 87.4 Å². The van der Waals surface area contributed by atoms with Crippen LogP contribution in [0.4, 0.5) is 25.8 Å². The largest absolute Gasteiger partial charge is 0.435 e. The van der Waals surface area contributed by atoms with Crippen LogP contribution in [0.2, 0.25) is 5.02 Å². The smallest absolute Gasteiger partial charge is 0.387 e. The third-order valence-electron chi connectivity index (χ3n) is 4.43. The number of nitrogens with one attached hydrogen (secondary N) is 2. The van der Waals surface area contributed by atoms with Crippen molar-refractivity contribution < 1.29 is 26.9 Å². The molecule has 2 N–H and O–H groups in total. The highest BCUT2D eigenvalue weighted by Gasteiger charge is 2.23. The molecule has 0 fully saturated rings. The van der Waals surface area contributed by atoms with Crippen LogP contribution >= 0.6 is 11.6 Å². The molecule has 9 nitrogen and oxygen atoms in total. The molecule has 0 saturated carbocycles. The highest BCUT2D eigenvalue weighted by molar-refractivity contribution is 7.93. The number of nitrogens with zero attached hydrogens (tertiary/aromatic N) is 2. The Kier molecular flexibility index (Phi) is 7.64. The third kappa shape index (κ3) is 6.17. The molecule has 0 amide bonds. The summed E-state index contributed by atoms with van der Waals surface area (Å²) in [6, 6.07) is 15.0. The predicted octanol–water partition coefficient (Wildman–Crippen LogP) is 5.49. The van der Waals surface area contributed by atoms with Crippen LogP contribution in [0.15, 0.2) is 76.7 Å². The monoisotopic (exact) mass is 510 g/mol. The van der Waals surface area contributed by atoms with E-state index in [9.17, 15) is 27.3 Å². The van der Waals surface area contributed by atoms with Gasteiger partial charge in [0.05, 0.1) is 27.0 Å². The van der Waals surface area contributed by atoms with Crippen molar-refractivity contribution in [3.8, 4) is 5.75 Å². The van der Waals surface area contributed by atoms with Gasteiger partial charge in [0.25, 0.3) is 15.7 Å². The Morgan fingerprint density at radius 1 is 1.09 bits per heavy atom. The molecule has 0 spiro atoms. The quantitative estimate of drug-likeness (QED) is 0.223. The first kappa shape index (κ1) is 24.9. The normalized spacial score (nSPS) is 11.9. The lowest BCUT2D eigenvalue weighted by molar-refractivity contribution is -0.385. The second kappa shape index (κ2) is 10.4. The number of benzene rings is 3. The summed E-state index contributed by atoms with van der Waals surface area (Å²) in [5.74, 6) is -0.0334. The molecule has 0 radical (unpaired) electrons. The van der Waals surface area contributed by atoms with Gasteiger partial charge in [0, 0.05) is 12.1 Å². The summed E-state index contributed by atoms with van der Waals surface area (Å²) >= 11 is 6.03. The van der Waals surface area contributed by atoms with E-state index in [1.54, 1.807) is 19.1 Å². The van der Waals surface area contributed by atoms with E-state index >= 15 is 0 Å². The van der Waals surface area contributed by atoms with Gasteiger partial charge in [0.15, 0.2) is 0 Å². The summed E-state index contributed by atoms with van der Waals surface area (Å²) in [5.41, 5.74) is 3.12. The van der Waals surface area contributed by atoms with E-state index in [0.29, 0.717) is 11.3 Å². The first-order chi connectivity index (χ1) is 16.1. The summed E-state index contributed by atoms with van der Waals surface area (Å²) in [5, 5.41) is 15.5. The number of rotatable bonds is 9. The lowest BCUT2D eigenvalue weighted by Gasteiger charge is -2.13. The maximum atomic E-state index is 13.0. The molecule has 0 heterocycles. The van der Waals surface area contributed by atoms with Gasteiger partial charge >= 0.3 is 6.61 Å². The lowest BCUT2D eigenvalue weighted by Crippen LogP contribution is -2.15. The number of non-ortho nitro benzene ring substituents is 1. The molecule has 0 atom stereocenters. The number of hydrogen-bond donors (Lipinski definition) is 2. The number of nitro benzene ring substituents is 1. The van der Waals surface area contributed by atoms with E-state index in [1.165, 1.54) is 42.5 Å². The maximum Gasteiger partial charge on any atom is 0.387 e. The van der Waals surface area contributed by atoms with Crippen molar-refractivity contribution in [1.29, 1.82) is 0 Å². The fourth-order valence-electron chi connectivity index (χ4n) is 2.77. The Hall–Kier alpha value is -3.77. The van der Waals surface area contributed by atoms with Crippen molar-refractivity contribution in [2.45, 2.75) is 18.4 Å². The number of hydrogen-bond acceptors (Lipinski definition) is 7. The Morgan fingerprint density at radius 2 is 1.76 bits per heavy atom. The first-order valence-electron chi connectivity index (χ1n) is 9.48. The minimum absolute atomic E-state index is 0.0334. The van der Waals surface area contributed by atoms with Crippen molar-refractivity contribution >= 4 is 44.4 Å². The molecule has 0 saturated heterocycles. The molecule has 3 rings (SSSR count). The minimum Gasteiger partial charge on any atom is -0.435 e. The number of sulfonamides is 1. The molecular formula is C21H17ClF2N4O5S. The minimum atomic E-state index is -4.31. The van der Waals surface area contributed by atoms with Crippen LogP contribution < -0.4 is 14.9 Å². The molecule has 3 aromatic rings. The van der Waals surface area contributed by atoms with Crippen molar-refractivity contribution in [3.63, 3.8) is 0 Å². The van der Waals surface area contributed by atoms with Gasteiger partial charge in [-0.3, -0.25) is 20.3 Å². The molecule has 0 aromatic heterocycles. The lowest BCUT2D eigenvalue weighted by atomic mass is 10.1. The number of halogens is 3. The fraction of sp³-hybridized carbons (Fsp3) is 0.0952. The van der Waals surface area contributed by atoms with Gasteiger partial charge in [-0.1, -0.05) is 23.7 Å². The van der Waals surface area contributed by atoms with E-state index in [0.717, 1.165) is 12.1 Å². The number of ether oxygens (including phenoxy) is 1. The maximum absolute atomic E-state index is 13.0. The van der Waals surface area contributed by atoms with Gasteiger partial charge in [-0.2, -0.15) is 13.9 Å². The molecule has 0 aliphatic rings. The van der Waals surface area contributed by atoms with Gasteiger partial charge in [-0.15, -0.1) is 0 Å². The van der Waals surface area contributed by atoms with Crippen LogP contribution in [0, 0.1) is 10.1 Å². The highest BCUT2D eigenvalue weighted by atomic mass is 35.5. The van der Waals surface area contributed by atoms with Crippen LogP contribution in [0.3, 0.4) is 0 Å². The van der Waals surface area contributed by atoms with Crippen LogP contribution in [-0.4, -0.2) is 25.7 Å². The number of alkyl halides is 2. The Morgan fingerprint density at radius 3 is 2.38 bits per heavy atom. The fourth-order valence-corrected chi connectivity index (χ4v) is 4.26. The first-order valence-corrected chi connectivity index (χ1v) is 11.3. The molecule has 0 unspecified atom stereocenters. The van der Waals surface area contributed by atoms with Crippen LogP contribution in [0.5, 0.6) is 5.75 Å². The average molecular weight is 511 g/mol. The van der Waals surface area contributed by atoms with Crippen molar-refractivity contribution in [2.75, 3.05) is 10.1 Å². The molecule has 13 heteroatoms. The molecule has 0 aliphatic carbocycles. The van der Waals surface area contributed by atoms with Gasteiger partial charge in [-0.25, -0.2) is 8.42 Å². The third-order valence-corrected chi connectivity index (χ3v) is 6.16. The SMILES string of the molecule is C/C(=N\Nc1ccc([N+](=O)[O-])cc1S(=O)(=O)Nc1ccccc1Cl)c1ccc(OC(F)F)cc1. The molecule has 0 aliphatic heterocycles. The number of hydrazone groups is 1. The van der Waals surface area contributed by atoms with Gasteiger partial charge < -0.3 is 4.74 Å². The summed E-state index contributed by atoms with van der Waals surface area (Å²) in [7, 11) is -4.31. The number of nitro groups is 1. The van der Waals surface area contributed by atoms with Crippen LogP contribution in [0.1, 0.15) is 12.5 Å². The molecule has 0 bridgehead atoms. The van der Waals surface area contributed by atoms with E-state index in [4.69, 9.17) is 11.6 Å². The zero-order chi connectivity index (χ0) is 24.9. The molecular weight excluding hydrogens is 494 g/mol. The zero-order valence-corrected chi connectivity index (χ0v) is 19.0. The Labute approximate surface area is 198 Å². The van der Waals surface area contributed by atoms with E-state index in [-0.39, 0.29) is 22.1 Å². The van der Waals surface area contributed by atoms with E-state index < -0.39 is 32.1 Å². The summed E-state index contributed by atoms with van der Waals surface area (Å²) in [6.07, 6.45) is 0. The summed E-state index contributed by atoms with van der Waals surface area (Å²) in [6.45, 7) is -1.36. The van der Waals surface area contributed by atoms with Crippen LogP contribution in [-0.2, 0) is 10.0 Å². The second-order valence-electron chi connectivity index (χ2n) is 6.73. The highest BCUT2D eigenvalue weighted by Crippen LogP contribution is 2.30. The van der Waals surface area contributed by atoms with Gasteiger partial charge in [0.2, 0.25) is 0 Å². The molecule has 3 aromatic carbocycles. The number of anilines is 2. The average Bonchev–Trinajstić information content (AvgIpc) is 2.78. The Bertz CT molecular complexity index is 1340. The van der Waals surface area contributed by atoms with Gasteiger partial charge in [-0.05, 0) is 55.0 Å². The molecule has 34 heavy (non-hydrogen) atoms. The van der Waals surface area contributed by atoms with Crippen molar-refractivity contribution in [1.82, 2.24) is 0 Å². The summed E-state index contributed by atoms with van der Waals surface area (Å²) in [4.78, 5) is 10.1. The predicted molar refractivity (Wildman–Crippen MR) is 124 cm³/mol. The standard InChI is InChI=1S/C21H17ClF2N4O5S/c1-13(14-6-9-16(10-7-14)33-21(23)24)25-26-19-11-8-15(28(29)30)12-20(19)34(31,32)27-18-5-3-2-4-17(18)22/h2-12,21,26-27H,1H3/b25-13+. The number of para-hydroxylation sites is 1. The van der Waals surface area contributed by atoms with Crippen LogP contribution in [0.25, 0.3) is 0 Å². The topological polar surface area (TPSA) is 123 Å². The Balaban J connectivity index is 1.92. The van der Waals surface area contributed by atoms with E-state index in [1.807, 2.05) is 0 Å². The summed E-state index contributed by atoms with van der Waals surface area (Å²) < 4.78 is 57.3.